The van der Waals surface area contributed by atoms with Gasteiger partial charge < -0.3 is 9.73 Å². The summed E-state index contributed by atoms with van der Waals surface area (Å²) < 4.78 is 5.17. The molecule has 4 aromatic rings. The second-order valence-corrected chi connectivity index (χ2v) is 7.45. The number of nitrogens with zero attached hydrogens (tertiary/aromatic N) is 3. The van der Waals surface area contributed by atoms with Gasteiger partial charge in [0.2, 0.25) is 18.2 Å². The third-order valence-corrected chi connectivity index (χ3v) is 5.39. The Bertz CT molecular complexity index is 1300. The lowest BCUT2D eigenvalue weighted by Crippen LogP contribution is -2.41. The van der Waals surface area contributed by atoms with Gasteiger partial charge in [-0.25, -0.2) is 0 Å². The summed E-state index contributed by atoms with van der Waals surface area (Å²) >= 11 is 0. The molecule has 158 valence electrons. The average Bonchev–Trinajstić information content (AvgIpc) is 3.35. The quantitative estimate of drug-likeness (QED) is 0.469. The number of nitrogens with one attached hydrogen (secondary N) is 1. The van der Waals surface area contributed by atoms with E-state index in [1.165, 1.54) is 11.3 Å². The van der Waals surface area contributed by atoms with E-state index in [1.54, 1.807) is 36.4 Å². The number of imide groups is 1. The first-order valence-corrected chi connectivity index (χ1v) is 10.2. The molecule has 0 bridgehead atoms. The van der Waals surface area contributed by atoms with E-state index in [2.05, 4.69) is 15.5 Å². The molecule has 8 heteroatoms. The predicted molar refractivity (Wildman–Crippen MR) is 117 cm³/mol. The Hall–Kier alpha value is -4.33. The fourth-order valence-corrected chi connectivity index (χ4v) is 3.93. The maximum absolute atomic E-state index is 12.9. The summed E-state index contributed by atoms with van der Waals surface area (Å²) in [4.78, 5) is 39.5. The Balaban J connectivity index is 1.23. The molecule has 32 heavy (non-hydrogen) atoms. The van der Waals surface area contributed by atoms with Gasteiger partial charge in [0.05, 0.1) is 0 Å². The van der Waals surface area contributed by atoms with Crippen LogP contribution in [0.3, 0.4) is 0 Å². The zero-order valence-electron chi connectivity index (χ0n) is 16.9. The fraction of sp³-hybridized carbons (Fsp3) is 0.125. The molecule has 0 radical (unpaired) electrons. The molecule has 0 aliphatic carbocycles. The van der Waals surface area contributed by atoms with Crippen LogP contribution >= 0.6 is 0 Å². The SMILES string of the molecule is O=C(CCCN1C(=O)c2cccc3cccc(c23)C1=O)Nc1cccc(-c2nnco2)c1. The minimum absolute atomic E-state index is 0.160. The van der Waals surface area contributed by atoms with E-state index >= 15 is 0 Å². The minimum atomic E-state index is -0.327. The van der Waals surface area contributed by atoms with E-state index in [9.17, 15) is 14.4 Å². The average molecular weight is 426 g/mol. The summed E-state index contributed by atoms with van der Waals surface area (Å²) in [6.07, 6.45) is 1.75. The van der Waals surface area contributed by atoms with Gasteiger partial charge in [0.1, 0.15) is 0 Å². The van der Waals surface area contributed by atoms with Crippen molar-refractivity contribution in [2.45, 2.75) is 12.8 Å². The van der Waals surface area contributed by atoms with Crippen molar-refractivity contribution >= 4 is 34.2 Å². The van der Waals surface area contributed by atoms with E-state index < -0.39 is 0 Å². The Morgan fingerprint density at radius 1 is 0.969 bits per heavy atom. The first-order chi connectivity index (χ1) is 15.6. The van der Waals surface area contributed by atoms with Crippen molar-refractivity contribution in [2.75, 3.05) is 11.9 Å². The second kappa shape index (κ2) is 8.07. The lowest BCUT2D eigenvalue weighted by molar-refractivity contribution is -0.116. The predicted octanol–water partition coefficient (Wildman–Crippen LogP) is 3.90. The zero-order valence-corrected chi connectivity index (χ0v) is 16.9. The third-order valence-electron chi connectivity index (χ3n) is 5.39. The van der Waals surface area contributed by atoms with Gasteiger partial charge in [0.15, 0.2) is 0 Å². The molecule has 0 fully saturated rings. The number of rotatable bonds is 6. The van der Waals surface area contributed by atoms with Crippen molar-refractivity contribution < 1.29 is 18.8 Å². The largest absolute Gasteiger partial charge is 0.423 e. The molecule has 0 spiro atoms. The zero-order chi connectivity index (χ0) is 22.1. The Labute approximate surface area is 182 Å². The molecular formula is C24H18N4O4. The smallest absolute Gasteiger partial charge is 0.261 e. The summed E-state index contributed by atoms with van der Waals surface area (Å²) in [5, 5.41) is 11.9. The maximum Gasteiger partial charge on any atom is 0.261 e. The molecule has 0 atom stereocenters. The van der Waals surface area contributed by atoms with Gasteiger partial charge in [0, 0.05) is 40.7 Å². The van der Waals surface area contributed by atoms with Crippen molar-refractivity contribution in [2.24, 2.45) is 0 Å². The van der Waals surface area contributed by atoms with Gasteiger partial charge >= 0.3 is 0 Å². The van der Waals surface area contributed by atoms with Crippen LogP contribution in [0.5, 0.6) is 0 Å². The summed E-state index contributed by atoms with van der Waals surface area (Å²) in [5.41, 5.74) is 2.31. The highest BCUT2D eigenvalue weighted by Gasteiger charge is 2.32. The van der Waals surface area contributed by atoms with Crippen LogP contribution in [0.25, 0.3) is 22.2 Å². The molecule has 1 aromatic heterocycles. The van der Waals surface area contributed by atoms with Crippen LogP contribution in [0.2, 0.25) is 0 Å². The highest BCUT2D eigenvalue weighted by molar-refractivity contribution is 6.25. The lowest BCUT2D eigenvalue weighted by atomic mass is 9.94. The highest BCUT2D eigenvalue weighted by atomic mass is 16.4. The normalized spacial score (nSPS) is 12.9. The van der Waals surface area contributed by atoms with Crippen molar-refractivity contribution in [3.63, 3.8) is 0 Å². The fourth-order valence-electron chi connectivity index (χ4n) is 3.93. The van der Waals surface area contributed by atoms with E-state index in [0.717, 1.165) is 5.39 Å². The van der Waals surface area contributed by atoms with Crippen molar-refractivity contribution in [1.82, 2.24) is 15.1 Å². The lowest BCUT2D eigenvalue weighted by Gasteiger charge is -2.27. The summed E-state index contributed by atoms with van der Waals surface area (Å²) in [6, 6.07) is 17.9. The van der Waals surface area contributed by atoms with Crippen LogP contribution in [-0.2, 0) is 4.79 Å². The standard InChI is InChI=1S/C24H18N4O4/c29-20(26-17-8-1-7-16(13-17)22-27-25-14-32-22)11-4-12-28-23(30)18-9-2-5-15-6-3-10-19(21(15)18)24(28)31/h1-3,5-10,13-14H,4,11-12H2,(H,26,29). The summed E-state index contributed by atoms with van der Waals surface area (Å²) in [6.45, 7) is 0.165. The minimum Gasteiger partial charge on any atom is -0.423 e. The summed E-state index contributed by atoms with van der Waals surface area (Å²) in [7, 11) is 0. The van der Waals surface area contributed by atoms with Crippen LogP contribution in [-0.4, -0.2) is 39.4 Å². The number of carbonyl (C=O) groups is 3. The molecule has 8 nitrogen and oxygen atoms in total. The molecule has 1 N–H and O–H groups in total. The van der Waals surface area contributed by atoms with E-state index in [-0.39, 0.29) is 30.7 Å². The van der Waals surface area contributed by atoms with Crippen molar-refractivity contribution in [3.05, 3.63) is 78.2 Å². The van der Waals surface area contributed by atoms with Crippen LogP contribution in [0.1, 0.15) is 33.6 Å². The molecule has 3 amide bonds. The first-order valence-electron chi connectivity index (χ1n) is 10.2. The second-order valence-electron chi connectivity index (χ2n) is 7.45. The van der Waals surface area contributed by atoms with E-state index in [4.69, 9.17) is 4.42 Å². The van der Waals surface area contributed by atoms with Gasteiger partial charge in [-0.2, -0.15) is 0 Å². The van der Waals surface area contributed by atoms with Gasteiger partial charge in [-0.05, 0) is 42.1 Å². The molecule has 0 saturated heterocycles. The monoisotopic (exact) mass is 426 g/mol. The molecule has 3 aromatic carbocycles. The number of carbonyl (C=O) groups excluding carboxylic acids is 3. The van der Waals surface area contributed by atoms with E-state index in [0.29, 0.717) is 40.1 Å². The van der Waals surface area contributed by atoms with Crippen LogP contribution < -0.4 is 5.32 Å². The van der Waals surface area contributed by atoms with Crippen LogP contribution in [0.4, 0.5) is 5.69 Å². The number of amides is 3. The number of aromatic nitrogens is 2. The molecule has 0 saturated carbocycles. The van der Waals surface area contributed by atoms with Crippen molar-refractivity contribution in [3.8, 4) is 11.5 Å². The number of hydrogen-bond acceptors (Lipinski definition) is 6. The van der Waals surface area contributed by atoms with Gasteiger partial charge in [-0.15, -0.1) is 10.2 Å². The summed E-state index contributed by atoms with van der Waals surface area (Å²) in [5.74, 6) is -0.510. The third kappa shape index (κ3) is 3.51. The van der Waals surface area contributed by atoms with Crippen molar-refractivity contribution in [1.29, 1.82) is 0 Å². The Morgan fingerprint density at radius 3 is 2.38 bits per heavy atom. The number of anilines is 1. The van der Waals surface area contributed by atoms with Gasteiger partial charge in [-0.1, -0.05) is 30.3 Å². The van der Waals surface area contributed by atoms with Crippen LogP contribution in [0, 0.1) is 0 Å². The molecule has 1 aliphatic rings. The molecule has 0 unspecified atom stereocenters. The molecular weight excluding hydrogens is 408 g/mol. The molecule has 2 heterocycles. The first kappa shape index (κ1) is 19.6. The highest BCUT2D eigenvalue weighted by Crippen LogP contribution is 2.30. The van der Waals surface area contributed by atoms with Crippen LogP contribution in [0.15, 0.2) is 71.5 Å². The van der Waals surface area contributed by atoms with Gasteiger partial charge in [0.25, 0.3) is 11.8 Å². The van der Waals surface area contributed by atoms with E-state index in [1.807, 2.05) is 24.3 Å². The van der Waals surface area contributed by atoms with Gasteiger partial charge in [-0.3, -0.25) is 19.3 Å². The Kier molecular flexibility index (Phi) is 4.95. The Morgan fingerprint density at radius 2 is 1.69 bits per heavy atom. The molecule has 1 aliphatic heterocycles. The number of hydrogen-bond donors (Lipinski definition) is 1. The maximum atomic E-state index is 12.9. The topological polar surface area (TPSA) is 105 Å². The molecule has 5 rings (SSSR count). The number of benzene rings is 3.